The number of benzene rings is 1. The van der Waals surface area contributed by atoms with Gasteiger partial charge in [0.2, 0.25) is 0 Å². The molecule has 6 heteroatoms. The topological polar surface area (TPSA) is 64.4 Å². The molecule has 0 radical (unpaired) electrons. The molecule has 0 aliphatic carbocycles. The molecule has 0 fully saturated rings. The number of ether oxygens (including phenoxy) is 1. The molecule has 0 unspecified atom stereocenters. The summed E-state index contributed by atoms with van der Waals surface area (Å²) in [4.78, 5) is 11.8. The van der Waals surface area contributed by atoms with Crippen molar-refractivity contribution in [3.05, 3.63) is 56.3 Å². The number of thiophene rings is 1. The minimum absolute atomic E-state index is 0.00410. The molecule has 0 bridgehead atoms. The van der Waals surface area contributed by atoms with Crippen molar-refractivity contribution in [2.45, 2.75) is 19.5 Å². The van der Waals surface area contributed by atoms with Crippen LogP contribution in [0, 0.1) is 10.1 Å². The predicted molar refractivity (Wildman–Crippen MR) is 79.2 cm³/mol. The molecule has 1 aromatic carbocycles. The van der Waals surface area contributed by atoms with Gasteiger partial charge >= 0.3 is 5.69 Å². The van der Waals surface area contributed by atoms with Crippen LogP contribution in [0.1, 0.15) is 23.4 Å². The second kappa shape index (κ2) is 6.49. The second-order valence-corrected chi connectivity index (χ2v) is 5.36. The van der Waals surface area contributed by atoms with Crippen LogP contribution in [-0.4, -0.2) is 12.0 Å². The first kappa shape index (κ1) is 14.5. The molecule has 1 N–H and O–H groups in total. The number of nitro groups is 1. The molecule has 2 aromatic rings. The summed E-state index contributed by atoms with van der Waals surface area (Å²) in [6.45, 7) is 2.65. The standard InChI is InChI=1S/C14H16N2O3S/c1-10(14-4-3-7-20-14)15-9-11-5-6-13(19-2)12(8-11)16(17)18/h3-8,10,15H,9H2,1-2H3/t10-/m0/s1. The summed E-state index contributed by atoms with van der Waals surface area (Å²) < 4.78 is 4.99. The van der Waals surface area contributed by atoms with Crippen molar-refractivity contribution in [3.8, 4) is 5.75 Å². The Hall–Kier alpha value is -1.92. The molecule has 0 amide bonds. The lowest BCUT2D eigenvalue weighted by Gasteiger charge is -2.12. The van der Waals surface area contributed by atoms with Gasteiger partial charge < -0.3 is 10.1 Å². The maximum Gasteiger partial charge on any atom is 0.311 e. The van der Waals surface area contributed by atoms with Crippen molar-refractivity contribution in [3.63, 3.8) is 0 Å². The van der Waals surface area contributed by atoms with Crippen LogP contribution in [0.3, 0.4) is 0 Å². The van der Waals surface area contributed by atoms with Crippen LogP contribution < -0.4 is 10.1 Å². The van der Waals surface area contributed by atoms with Crippen LogP contribution in [0.15, 0.2) is 35.7 Å². The van der Waals surface area contributed by atoms with Crippen molar-refractivity contribution in [1.82, 2.24) is 5.32 Å². The van der Waals surface area contributed by atoms with E-state index in [2.05, 4.69) is 18.3 Å². The lowest BCUT2D eigenvalue weighted by Crippen LogP contribution is -2.17. The zero-order valence-corrected chi connectivity index (χ0v) is 12.1. The SMILES string of the molecule is COc1ccc(CN[C@@H](C)c2cccs2)cc1[N+](=O)[O-]. The maximum absolute atomic E-state index is 11.0. The van der Waals surface area contributed by atoms with Crippen LogP contribution in [0.2, 0.25) is 0 Å². The van der Waals surface area contributed by atoms with Gasteiger partial charge in [-0.25, -0.2) is 0 Å². The Bertz CT molecular complexity index is 584. The Labute approximate surface area is 121 Å². The molecule has 1 atom stereocenters. The van der Waals surface area contributed by atoms with E-state index in [-0.39, 0.29) is 17.5 Å². The summed E-state index contributed by atoms with van der Waals surface area (Å²) in [6.07, 6.45) is 0. The summed E-state index contributed by atoms with van der Waals surface area (Å²) in [5.74, 6) is 0.282. The Balaban J connectivity index is 2.06. The minimum Gasteiger partial charge on any atom is -0.490 e. The van der Waals surface area contributed by atoms with Gasteiger partial charge in [-0.2, -0.15) is 0 Å². The van der Waals surface area contributed by atoms with Crippen LogP contribution >= 0.6 is 11.3 Å². The van der Waals surface area contributed by atoms with Gasteiger partial charge in [0.25, 0.3) is 0 Å². The second-order valence-electron chi connectivity index (χ2n) is 4.38. The van der Waals surface area contributed by atoms with Crippen molar-refractivity contribution < 1.29 is 9.66 Å². The van der Waals surface area contributed by atoms with Crippen LogP contribution in [0.25, 0.3) is 0 Å². The molecule has 0 aliphatic rings. The highest BCUT2D eigenvalue weighted by Crippen LogP contribution is 2.27. The number of rotatable bonds is 6. The monoisotopic (exact) mass is 292 g/mol. The normalized spacial score (nSPS) is 12.1. The Morgan fingerprint density at radius 2 is 2.25 bits per heavy atom. The van der Waals surface area contributed by atoms with Gasteiger partial charge in [-0.3, -0.25) is 10.1 Å². The van der Waals surface area contributed by atoms with E-state index in [0.29, 0.717) is 6.54 Å². The lowest BCUT2D eigenvalue weighted by molar-refractivity contribution is -0.385. The minimum atomic E-state index is -0.426. The van der Waals surface area contributed by atoms with E-state index >= 15 is 0 Å². The third-order valence-corrected chi connectivity index (χ3v) is 4.08. The Morgan fingerprint density at radius 1 is 1.45 bits per heavy atom. The molecule has 0 saturated carbocycles. The summed E-state index contributed by atoms with van der Waals surface area (Å²) in [7, 11) is 1.43. The highest BCUT2D eigenvalue weighted by molar-refractivity contribution is 7.10. The quantitative estimate of drug-likeness (QED) is 0.653. The average molecular weight is 292 g/mol. The van der Waals surface area contributed by atoms with Crippen LogP contribution in [0.5, 0.6) is 5.75 Å². The largest absolute Gasteiger partial charge is 0.490 e. The molecular weight excluding hydrogens is 276 g/mol. The van der Waals surface area contributed by atoms with E-state index in [1.807, 2.05) is 17.5 Å². The molecule has 0 aliphatic heterocycles. The number of methoxy groups -OCH3 is 1. The van der Waals surface area contributed by atoms with Crippen LogP contribution in [-0.2, 0) is 6.54 Å². The van der Waals surface area contributed by atoms with E-state index in [9.17, 15) is 10.1 Å². The van der Waals surface area contributed by atoms with Crippen molar-refractivity contribution in [1.29, 1.82) is 0 Å². The first-order valence-corrected chi connectivity index (χ1v) is 7.08. The maximum atomic E-state index is 11.0. The van der Waals surface area contributed by atoms with Gasteiger partial charge in [-0.1, -0.05) is 12.1 Å². The molecule has 5 nitrogen and oxygen atoms in total. The first-order valence-electron chi connectivity index (χ1n) is 6.20. The predicted octanol–water partition coefficient (Wildman–Crippen LogP) is 3.52. The van der Waals surface area contributed by atoms with Gasteiger partial charge in [0, 0.05) is 23.5 Å². The van der Waals surface area contributed by atoms with E-state index in [1.165, 1.54) is 12.0 Å². The average Bonchev–Trinajstić information content (AvgIpc) is 2.98. The fraction of sp³-hybridized carbons (Fsp3) is 0.286. The van der Waals surface area contributed by atoms with Gasteiger partial charge in [0.15, 0.2) is 5.75 Å². The van der Waals surface area contributed by atoms with Gasteiger partial charge in [-0.15, -0.1) is 11.3 Å². The molecule has 106 valence electrons. The van der Waals surface area contributed by atoms with E-state index < -0.39 is 4.92 Å². The molecule has 1 heterocycles. The summed E-state index contributed by atoms with van der Waals surface area (Å²) >= 11 is 1.69. The molecule has 0 spiro atoms. The Kier molecular flexibility index (Phi) is 4.70. The zero-order valence-electron chi connectivity index (χ0n) is 11.3. The lowest BCUT2D eigenvalue weighted by atomic mass is 10.1. The van der Waals surface area contributed by atoms with E-state index in [1.54, 1.807) is 23.5 Å². The first-order chi connectivity index (χ1) is 9.61. The zero-order chi connectivity index (χ0) is 14.5. The molecule has 20 heavy (non-hydrogen) atoms. The summed E-state index contributed by atoms with van der Waals surface area (Å²) in [5.41, 5.74) is 0.858. The van der Waals surface area contributed by atoms with Gasteiger partial charge in [0.1, 0.15) is 0 Å². The third-order valence-electron chi connectivity index (χ3n) is 3.02. The number of hydrogen-bond acceptors (Lipinski definition) is 5. The highest BCUT2D eigenvalue weighted by Gasteiger charge is 2.15. The van der Waals surface area contributed by atoms with E-state index in [4.69, 9.17) is 4.74 Å². The van der Waals surface area contributed by atoms with Crippen LogP contribution in [0.4, 0.5) is 5.69 Å². The third kappa shape index (κ3) is 3.34. The molecular formula is C14H16N2O3S. The van der Waals surface area contributed by atoms with Crippen molar-refractivity contribution >= 4 is 17.0 Å². The van der Waals surface area contributed by atoms with Gasteiger partial charge in [-0.05, 0) is 30.0 Å². The Morgan fingerprint density at radius 3 is 2.85 bits per heavy atom. The number of nitro benzene ring substituents is 1. The van der Waals surface area contributed by atoms with Crippen molar-refractivity contribution in [2.75, 3.05) is 7.11 Å². The van der Waals surface area contributed by atoms with E-state index in [0.717, 1.165) is 5.56 Å². The molecule has 0 saturated heterocycles. The highest BCUT2D eigenvalue weighted by atomic mass is 32.1. The number of nitrogens with zero attached hydrogens (tertiary/aromatic N) is 1. The molecule has 2 rings (SSSR count). The molecule has 1 aromatic heterocycles. The number of hydrogen-bond donors (Lipinski definition) is 1. The smallest absolute Gasteiger partial charge is 0.311 e. The van der Waals surface area contributed by atoms with Crippen molar-refractivity contribution in [2.24, 2.45) is 0 Å². The number of nitrogens with one attached hydrogen (secondary N) is 1. The fourth-order valence-corrected chi connectivity index (χ4v) is 2.66. The fourth-order valence-electron chi connectivity index (χ4n) is 1.90. The van der Waals surface area contributed by atoms with Gasteiger partial charge in [0.05, 0.1) is 12.0 Å². The summed E-state index contributed by atoms with van der Waals surface area (Å²) in [6, 6.07) is 9.31. The summed E-state index contributed by atoms with van der Waals surface area (Å²) in [5, 5.41) is 16.3.